The Hall–Kier alpha value is -3.93. The lowest BCUT2D eigenvalue weighted by molar-refractivity contribution is 0.620. The fraction of sp³-hybridized carbons (Fsp3) is 0. The Labute approximate surface area is 220 Å². The van der Waals surface area contributed by atoms with E-state index in [0.29, 0.717) is 5.89 Å². The largest absolute Gasteiger partial charge is 0.436 e. The summed E-state index contributed by atoms with van der Waals surface area (Å²) in [6.45, 7) is 0. The number of thiophene rings is 1. The number of hydrogen-bond donors (Lipinski definition) is 0. The van der Waals surface area contributed by atoms with Gasteiger partial charge in [-0.25, -0.2) is 4.98 Å². The van der Waals surface area contributed by atoms with Crippen LogP contribution in [0, 0.1) is 0 Å². The second-order valence-electron chi connectivity index (χ2n) is 8.63. The molecular weight excluding hydrogens is 528 g/mol. The summed E-state index contributed by atoms with van der Waals surface area (Å²) in [5.74, 6) is 0.631. The summed E-state index contributed by atoms with van der Waals surface area (Å²) >= 11 is 5.45. The van der Waals surface area contributed by atoms with Gasteiger partial charge in [-0.2, -0.15) is 0 Å². The molecule has 0 N–H and O–H groups in total. The Bertz CT molecular complexity index is 1820. The highest BCUT2D eigenvalue weighted by Crippen LogP contribution is 2.41. The van der Waals surface area contributed by atoms with Gasteiger partial charge in [0.15, 0.2) is 5.58 Å². The number of aromatic nitrogens is 1. The molecule has 0 fully saturated rings. The van der Waals surface area contributed by atoms with Crippen LogP contribution in [0.15, 0.2) is 124 Å². The molecule has 0 saturated heterocycles. The van der Waals surface area contributed by atoms with Crippen molar-refractivity contribution in [2.24, 2.45) is 0 Å². The molecule has 0 unspecified atom stereocenters. The summed E-state index contributed by atoms with van der Waals surface area (Å²) in [5, 5.41) is 2.56. The number of fused-ring (bicyclic) bond motifs is 4. The van der Waals surface area contributed by atoms with Crippen LogP contribution in [0.3, 0.4) is 0 Å². The smallest absolute Gasteiger partial charge is 0.227 e. The first-order valence-corrected chi connectivity index (χ1v) is 13.3. The lowest BCUT2D eigenvalue weighted by atomic mass is 10.1. The van der Waals surface area contributed by atoms with Crippen LogP contribution in [0.2, 0.25) is 0 Å². The third kappa shape index (κ3) is 3.68. The minimum absolute atomic E-state index is 0.631. The molecule has 0 atom stereocenters. The summed E-state index contributed by atoms with van der Waals surface area (Å²) < 4.78 is 9.64. The zero-order chi connectivity index (χ0) is 24.1. The predicted molar refractivity (Wildman–Crippen MR) is 155 cm³/mol. The van der Waals surface area contributed by atoms with Gasteiger partial charge in [-0.3, -0.25) is 0 Å². The molecule has 7 rings (SSSR count). The van der Waals surface area contributed by atoms with Gasteiger partial charge < -0.3 is 9.32 Å². The minimum Gasteiger partial charge on any atom is -0.436 e. The molecule has 7 aromatic rings. The van der Waals surface area contributed by atoms with Gasteiger partial charge in [-0.15, -0.1) is 11.3 Å². The molecule has 0 saturated carbocycles. The lowest BCUT2D eigenvalue weighted by Gasteiger charge is -2.25. The normalized spacial score (nSPS) is 11.5. The molecule has 0 spiro atoms. The SMILES string of the molecule is Brc1ccc2sc3cc(N(c4ccccc4)c4ccc(-c5nc6ccccc6o5)cc4)ccc3c2c1. The van der Waals surface area contributed by atoms with Crippen molar-refractivity contribution in [1.29, 1.82) is 0 Å². The average Bonchev–Trinajstić information content (AvgIpc) is 3.51. The van der Waals surface area contributed by atoms with Crippen LogP contribution in [0.4, 0.5) is 17.1 Å². The fourth-order valence-corrected chi connectivity index (χ4v) is 6.13. The van der Waals surface area contributed by atoms with E-state index in [9.17, 15) is 0 Å². The molecule has 0 bridgehead atoms. The van der Waals surface area contributed by atoms with Gasteiger partial charge in [0.25, 0.3) is 0 Å². The number of benzene rings is 5. The van der Waals surface area contributed by atoms with Crippen molar-refractivity contribution in [3.63, 3.8) is 0 Å². The topological polar surface area (TPSA) is 29.3 Å². The van der Waals surface area contributed by atoms with Crippen LogP contribution in [0.5, 0.6) is 0 Å². The van der Waals surface area contributed by atoms with E-state index >= 15 is 0 Å². The van der Waals surface area contributed by atoms with Crippen molar-refractivity contribution in [3.05, 3.63) is 120 Å². The Morgan fingerprint density at radius 3 is 2.22 bits per heavy atom. The van der Waals surface area contributed by atoms with E-state index in [1.54, 1.807) is 0 Å². The third-order valence-electron chi connectivity index (χ3n) is 6.36. The monoisotopic (exact) mass is 546 g/mol. The zero-order valence-corrected chi connectivity index (χ0v) is 21.5. The maximum absolute atomic E-state index is 5.98. The Morgan fingerprint density at radius 1 is 0.639 bits per heavy atom. The molecule has 3 nitrogen and oxygen atoms in total. The van der Waals surface area contributed by atoms with Crippen molar-refractivity contribution in [2.75, 3.05) is 4.90 Å². The Balaban J connectivity index is 1.33. The van der Waals surface area contributed by atoms with Gasteiger partial charge in [0.05, 0.1) is 0 Å². The summed E-state index contributed by atoms with van der Waals surface area (Å²) in [4.78, 5) is 6.94. The highest BCUT2D eigenvalue weighted by atomic mass is 79.9. The lowest BCUT2D eigenvalue weighted by Crippen LogP contribution is -2.09. The van der Waals surface area contributed by atoms with Gasteiger partial charge in [-0.1, -0.05) is 52.3 Å². The molecule has 2 aromatic heterocycles. The quantitative estimate of drug-likeness (QED) is 0.220. The molecule has 36 heavy (non-hydrogen) atoms. The zero-order valence-electron chi connectivity index (χ0n) is 19.1. The van der Waals surface area contributed by atoms with Crippen LogP contribution in [0.1, 0.15) is 0 Å². The summed E-state index contributed by atoms with van der Waals surface area (Å²) in [6.07, 6.45) is 0. The first kappa shape index (κ1) is 21.4. The average molecular weight is 547 g/mol. The number of nitrogens with zero attached hydrogens (tertiary/aromatic N) is 2. The number of para-hydroxylation sites is 3. The summed E-state index contributed by atoms with van der Waals surface area (Å²) in [5.41, 5.74) is 5.92. The highest BCUT2D eigenvalue weighted by Gasteiger charge is 2.16. The van der Waals surface area contributed by atoms with Crippen molar-refractivity contribution >= 4 is 75.6 Å². The first-order chi connectivity index (χ1) is 17.7. The van der Waals surface area contributed by atoms with E-state index in [0.717, 1.165) is 38.2 Å². The van der Waals surface area contributed by atoms with Crippen LogP contribution < -0.4 is 4.90 Å². The standard InChI is InChI=1S/C31H19BrN2OS/c32-21-12-17-29-26(18-21)25-16-15-24(19-30(25)36-29)34(22-6-2-1-3-7-22)23-13-10-20(11-14-23)31-33-27-8-4-5-9-28(27)35-31/h1-19H. The third-order valence-corrected chi connectivity index (χ3v) is 7.98. The molecule has 0 amide bonds. The molecule has 0 radical (unpaired) electrons. The molecule has 2 heterocycles. The number of rotatable bonds is 4. The molecule has 5 aromatic carbocycles. The van der Waals surface area contributed by atoms with E-state index < -0.39 is 0 Å². The van der Waals surface area contributed by atoms with Crippen molar-refractivity contribution in [3.8, 4) is 11.5 Å². The summed E-state index contributed by atoms with van der Waals surface area (Å²) in [7, 11) is 0. The van der Waals surface area contributed by atoms with E-state index in [-0.39, 0.29) is 0 Å². The van der Waals surface area contributed by atoms with Gasteiger partial charge in [0.1, 0.15) is 5.52 Å². The van der Waals surface area contributed by atoms with E-state index in [1.165, 1.54) is 20.2 Å². The molecule has 0 aliphatic heterocycles. The number of halogens is 1. The number of oxazole rings is 1. The first-order valence-electron chi connectivity index (χ1n) is 11.7. The van der Waals surface area contributed by atoms with E-state index in [2.05, 4.69) is 111 Å². The maximum atomic E-state index is 5.98. The van der Waals surface area contributed by atoms with E-state index in [1.807, 2.05) is 41.7 Å². The van der Waals surface area contributed by atoms with Gasteiger partial charge >= 0.3 is 0 Å². The van der Waals surface area contributed by atoms with Gasteiger partial charge in [0.2, 0.25) is 5.89 Å². The Kier molecular flexibility index (Phi) is 5.12. The van der Waals surface area contributed by atoms with E-state index in [4.69, 9.17) is 4.42 Å². The van der Waals surface area contributed by atoms with Crippen molar-refractivity contribution in [2.45, 2.75) is 0 Å². The maximum Gasteiger partial charge on any atom is 0.227 e. The van der Waals surface area contributed by atoms with Crippen LogP contribution >= 0.6 is 27.3 Å². The van der Waals surface area contributed by atoms with Crippen molar-refractivity contribution < 1.29 is 4.42 Å². The minimum atomic E-state index is 0.631. The fourth-order valence-electron chi connectivity index (χ4n) is 4.65. The molecule has 172 valence electrons. The van der Waals surface area contributed by atoms with Gasteiger partial charge in [-0.05, 0) is 78.9 Å². The molecule has 5 heteroatoms. The number of hydrogen-bond acceptors (Lipinski definition) is 4. The Morgan fingerprint density at radius 2 is 1.39 bits per heavy atom. The molecular formula is C31H19BrN2OS. The van der Waals surface area contributed by atoms with Crippen molar-refractivity contribution in [1.82, 2.24) is 4.98 Å². The van der Waals surface area contributed by atoms with Crippen LogP contribution in [0.25, 0.3) is 42.7 Å². The second kappa shape index (κ2) is 8.63. The predicted octanol–water partition coefficient (Wildman–Crippen LogP) is 10.1. The van der Waals surface area contributed by atoms with Crippen LogP contribution in [-0.2, 0) is 0 Å². The highest BCUT2D eigenvalue weighted by molar-refractivity contribution is 9.10. The molecule has 0 aliphatic rings. The number of anilines is 3. The summed E-state index contributed by atoms with van der Waals surface area (Å²) in [6, 6.07) is 39.9. The molecule has 0 aliphatic carbocycles. The second-order valence-corrected chi connectivity index (χ2v) is 10.6. The van der Waals surface area contributed by atoms with Crippen LogP contribution in [-0.4, -0.2) is 4.98 Å². The van der Waals surface area contributed by atoms with Gasteiger partial charge in [0, 0.05) is 47.3 Å².